The molecular weight excluding hydrogens is 297 g/mol. The van der Waals surface area contributed by atoms with E-state index in [1.54, 1.807) is 11.6 Å². The summed E-state index contributed by atoms with van der Waals surface area (Å²) in [5.74, 6) is 0.0898. The number of hydrogen-bond donors (Lipinski definition) is 1. The molecule has 0 aliphatic heterocycles. The Morgan fingerprint density at radius 2 is 2.29 bits per heavy atom. The topological polar surface area (TPSA) is 70.1 Å². The van der Waals surface area contributed by atoms with Crippen molar-refractivity contribution < 1.29 is 9.53 Å². The van der Waals surface area contributed by atoms with Gasteiger partial charge < -0.3 is 10.5 Å². The first-order valence-corrected chi connectivity index (χ1v) is 5.38. The normalized spacial score (nSPS) is 10.2. The summed E-state index contributed by atoms with van der Waals surface area (Å²) in [6, 6.07) is 0. The fourth-order valence-corrected chi connectivity index (χ4v) is 1.63. The Labute approximate surface area is 95.7 Å². The van der Waals surface area contributed by atoms with Gasteiger partial charge in [0.05, 0.1) is 10.2 Å². The zero-order valence-corrected chi connectivity index (χ0v) is 10.2. The lowest BCUT2D eigenvalue weighted by Crippen LogP contribution is -2.07. The minimum atomic E-state index is -0.421. The molecule has 0 amide bonds. The van der Waals surface area contributed by atoms with Gasteiger partial charge in [0, 0.05) is 6.54 Å². The molecule has 14 heavy (non-hydrogen) atoms. The Kier molecular flexibility index (Phi) is 3.73. The number of carbonyl (C=O) groups excluding carboxylic acids is 1. The van der Waals surface area contributed by atoms with Crippen LogP contribution < -0.4 is 5.73 Å². The fraction of sp³-hybridized carbons (Fsp3) is 0.500. The number of esters is 1. The second kappa shape index (κ2) is 4.63. The van der Waals surface area contributed by atoms with Gasteiger partial charge in [0.15, 0.2) is 5.69 Å². The second-order valence-corrected chi connectivity index (χ2v) is 3.66. The monoisotopic (exact) mass is 309 g/mol. The van der Waals surface area contributed by atoms with E-state index in [4.69, 9.17) is 10.5 Å². The van der Waals surface area contributed by atoms with Gasteiger partial charge in [0.1, 0.15) is 5.82 Å². The number of anilines is 1. The zero-order chi connectivity index (χ0) is 10.7. The van der Waals surface area contributed by atoms with Gasteiger partial charge in [0.2, 0.25) is 0 Å². The van der Waals surface area contributed by atoms with E-state index < -0.39 is 5.97 Å². The molecule has 1 heterocycles. The molecule has 0 unspecified atom stereocenters. The molecule has 0 saturated carbocycles. The number of halogens is 1. The third-order valence-electron chi connectivity index (χ3n) is 1.70. The summed E-state index contributed by atoms with van der Waals surface area (Å²) in [4.78, 5) is 11.4. The molecule has 2 N–H and O–H groups in total. The van der Waals surface area contributed by atoms with Crippen LogP contribution in [0.4, 0.5) is 5.82 Å². The predicted molar refractivity (Wildman–Crippen MR) is 61.0 cm³/mol. The highest BCUT2D eigenvalue weighted by atomic mass is 127. The van der Waals surface area contributed by atoms with E-state index in [0.717, 1.165) is 0 Å². The molecule has 0 atom stereocenters. The van der Waals surface area contributed by atoms with E-state index in [-0.39, 0.29) is 0 Å². The summed E-state index contributed by atoms with van der Waals surface area (Å²) in [6.45, 7) is 4.65. The molecule has 0 aliphatic carbocycles. The average Bonchev–Trinajstić information content (AvgIpc) is 2.44. The van der Waals surface area contributed by atoms with Crippen molar-refractivity contribution in [1.29, 1.82) is 0 Å². The number of nitrogens with zero attached hydrogens (tertiary/aromatic N) is 2. The van der Waals surface area contributed by atoms with Gasteiger partial charge in [-0.2, -0.15) is 5.10 Å². The third-order valence-corrected chi connectivity index (χ3v) is 2.76. The van der Waals surface area contributed by atoms with Gasteiger partial charge in [-0.15, -0.1) is 0 Å². The van der Waals surface area contributed by atoms with Crippen molar-refractivity contribution in [2.24, 2.45) is 0 Å². The van der Waals surface area contributed by atoms with Crippen molar-refractivity contribution in [3.63, 3.8) is 0 Å². The smallest absolute Gasteiger partial charge is 0.360 e. The Hall–Kier alpha value is -0.790. The van der Waals surface area contributed by atoms with E-state index in [2.05, 4.69) is 5.10 Å². The van der Waals surface area contributed by atoms with Crippen molar-refractivity contribution in [3.05, 3.63) is 9.26 Å². The molecule has 0 radical (unpaired) electrons. The summed E-state index contributed by atoms with van der Waals surface area (Å²) >= 11 is 1.99. The molecule has 78 valence electrons. The summed E-state index contributed by atoms with van der Waals surface area (Å²) < 4.78 is 7.08. The highest BCUT2D eigenvalue weighted by Gasteiger charge is 2.19. The van der Waals surface area contributed by atoms with Crippen molar-refractivity contribution in [1.82, 2.24) is 9.78 Å². The number of ether oxygens (including phenoxy) is 1. The first-order valence-electron chi connectivity index (χ1n) is 4.30. The van der Waals surface area contributed by atoms with Crippen molar-refractivity contribution in [2.45, 2.75) is 20.4 Å². The first-order chi connectivity index (χ1) is 6.61. The van der Waals surface area contributed by atoms with Gasteiger partial charge >= 0.3 is 5.97 Å². The Balaban J connectivity index is 3.04. The molecule has 0 saturated heterocycles. The Bertz CT molecular complexity index is 349. The van der Waals surface area contributed by atoms with Gasteiger partial charge in [-0.3, -0.25) is 0 Å². The lowest BCUT2D eigenvalue weighted by atomic mass is 10.4. The van der Waals surface area contributed by atoms with Gasteiger partial charge in [0.25, 0.3) is 0 Å². The van der Waals surface area contributed by atoms with Crippen LogP contribution in [0.25, 0.3) is 0 Å². The summed E-state index contributed by atoms with van der Waals surface area (Å²) in [6.07, 6.45) is 0. The molecular formula is C8H12IN3O2. The van der Waals surface area contributed by atoms with Crippen LogP contribution in [0.5, 0.6) is 0 Å². The predicted octanol–water partition coefficient (Wildman–Crippen LogP) is 1.27. The van der Waals surface area contributed by atoms with Crippen LogP contribution in [-0.2, 0) is 11.3 Å². The van der Waals surface area contributed by atoms with Crippen LogP contribution in [0.15, 0.2) is 0 Å². The Morgan fingerprint density at radius 1 is 1.64 bits per heavy atom. The molecule has 0 aliphatic rings. The molecule has 1 aromatic heterocycles. The standard InChI is InChI=1S/C8H12IN3O2/c1-3-12-7(10)5(9)6(11-12)8(13)14-4-2/h3-4,10H2,1-2H3. The van der Waals surface area contributed by atoms with Crippen LogP contribution in [0.3, 0.4) is 0 Å². The van der Waals surface area contributed by atoms with Gasteiger partial charge in [-0.25, -0.2) is 9.48 Å². The highest BCUT2D eigenvalue weighted by molar-refractivity contribution is 14.1. The van der Waals surface area contributed by atoms with Crippen LogP contribution in [0, 0.1) is 3.57 Å². The zero-order valence-electron chi connectivity index (χ0n) is 8.08. The van der Waals surface area contributed by atoms with E-state index in [1.807, 2.05) is 29.5 Å². The molecule has 1 rings (SSSR count). The van der Waals surface area contributed by atoms with E-state index in [0.29, 0.717) is 28.2 Å². The van der Waals surface area contributed by atoms with Crippen LogP contribution in [-0.4, -0.2) is 22.4 Å². The summed E-state index contributed by atoms with van der Waals surface area (Å²) in [5.41, 5.74) is 6.03. The number of nitrogen functional groups attached to an aromatic ring is 1. The number of nitrogens with two attached hydrogens (primary N) is 1. The quantitative estimate of drug-likeness (QED) is 0.674. The lowest BCUT2D eigenvalue weighted by Gasteiger charge is -1.97. The van der Waals surface area contributed by atoms with Gasteiger partial charge in [-0.05, 0) is 36.4 Å². The fourth-order valence-electron chi connectivity index (χ4n) is 1.02. The van der Waals surface area contributed by atoms with Crippen LogP contribution in [0.2, 0.25) is 0 Å². The molecule has 0 spiro atoms. The molecule has 5 nitrogen and oxygen atoms in total. The van der Waals surface area contributed by atoms with Crippen molar-refractivity contribution in [3.8, 4) is 0 Å². The number of aromatic nitrogens is 2. The van der Waals surface area contributed by atoms with E-state index >= 15 is 0 Å². The summed E-state index contributed by atoms with van der Waals surface area (Å²) in [7, 11) is 0. The minimum Gasteiger partial charge on any atom is -0.461 e. The minimum absolute atomic E-state index is 0.298. The van der Waals surface area contributed by atoms with Crippen LogP contribution >= 0.6 is 22.6 Å². The Morgan fingerprint density at radius 3 is 2.71 bits per heavy atom. The van der Waals surface area contributed by atoms with Crippen LogP contribution in [0.1, 0.15) is 24.3 Å². The molecule has 0 aromatic carbocycles. The largest absolute Gasteiger partial charge is 0.461 e. The lowest BCUT2D eigenvalue weighted by molar-refractivity contribution is 0.0517. The molecule has 0 fully saturated rings. The number of aryl methyl sites for hydroxylation is 1. The number of rotatable bonds is 3. The average molecular weight is 309 g/mol. The first kappa shape index (κ1) is 11.3. The number of hydrogen-bond acceptors (Lipinski definition) is 4. The number of carbonyl (C=O) groups is 1. The maximum absolute atomic E-state index is 11.4. The SMILES string of the molecule is CCOC(=O)c1nn(CC)c(N)c1I. The maximum Gasteiger partial charge on any atom is 0.360 e. The second-order valence-electron chi connectivity index (χ2n) is 2.58. The molecule has 0 bridgehead atoms. The molecule has 1 aromatic rings. The highest BCUT2D eigenvalue weighted by Crippen LogP contribution is 2.19. The van der Waals surface area contributed by atoms with Crippen molar-refractivity contribution in [2.75, 3.05) is 12.3 Å². The van der Waals surface area contributed by atoms with Gasteiger partial charge in [-0.1, -0.05) is 0 Å². The maximum atomic E-state index is 11.4. The van der Waals surface area contributed by atoms with E-state index in [9.17, 15) is 4.79 Å². The third kappa shape index (κ3) is 1.99. The molecule has 6 heteroatoms. The van der Waals surface area contributed by atoms with E-state index in [1.165, 1.54) is 0 Å². The summed E-state index contributed by atoms with van der Waals surface area (Å²) in [5, 5.41) is 4.06. The van der Waals surface area contributed by atoms with Crippen molar-refractivity contribution >= 4 is 34.4 Å².